The van der Waals surface area contributed by atoms with E-state index < -0.39 is 0 Å². The normalized spacial score (nSPS) is 12.3. The van der Waals surface area contributed by atoms with E-state index in [1.807, 2.05) is 6.21 Å². The van der Waals surface area contributed by atoms with Gasteiger partial charge in [-0.05, 0) is 31.4 Å². The number of allylic oxidation sites excluding steroid dienone is 3. The van der Waals surface area contributed by atoms with Crippen LogP contribution in [0.5, 0.6) is 0 Å². The Kier molecular flexibility index (Phi) is 17.0. The van der Waals surface area contributed by atoms with Crippen molar-refractivity contribution in [1.82, 2.24) is 0 Å². The quantitative estimate of drug-likeness (QED) is 0.334. The van der Waals surface area contributed by atoms with Crippen LogP contribution < -0.4 is 17.7 Å². The summed E-state index contributed by atoms with van der Waals surface area (Å²) in [7, 11) is 0. The molecule has 0 amide bonds. The first-order valence-corrected chi connectivity index (χ1v) is 6.47. The number of rotatable bonds is 9. The van der Waals surface area contributed by atoms with Crippen LogP contribution in [-0.2, 0) is 0 Å². The predicted molar refractivity (Wildman–Crippen MR) is 72.9 cm³/mol. The van der Waals surface area contributed by atoms with Gasteiger partial charge in [-0.15, -0.1) is 0 Å². The van der Waals surface area contributed by atoms with Crippen molar-refractivity contribution in [2.24, 2.45) is 4.99 Å². The average molecular weight is 259 g/mol. The number of hydrogen-bond acceptors (Lipinski definition) is 1. The fourth-order valence-corrected chi connectivity index (χ4v) is 1.21. The molecule has 0 unspecified atom stereocenters. The predicted octanol–water partition coefficient (Wildman–Crippen LogP) is -0.315. The molecule has 0 aromatic rings. The molecule has 0 saturated heterocycles. The summed E-state index contributed by atoms with van der Waals surface area (Å²) in [5, 5.41) is 2.22. The highest BCUT2D eigenvalue weighted by Crippen LogP contribution is 1.91. The van der Waals surface area contributed by atoms with Gasteiger partial charge in [-0.25, -0.2) is 0 Å². The molecule has 2 nitrogen and oxygen atoms in total. The van der Waals surface area contributed by atoms with Gasteiger partial charge < -0.3 is 17.7 Å². The third-order valence-corrected chi connectivity index (χ3v) is 2.27. The summed E-state index contributed by atoms with van der Waals surface area (Å²) in [5.41, 5.74) is 1.22. The van der Waals surface area contributed by atoms with Crippen molar-refractivity contribution < 1.29 is 17.7 Å². The number of halogens is 1. The van der Waals surface area contributed by atoms with Crippen LogP contribution in [0.15, 0.2) is 28.9 Å². The van der Waals surface area contributed by atoms with Crippen molar-refractivity contribution in [3.05, 3.63) is 23.9 Å². The topological polar surface area (TPSA) is 29.0 Å². The molecule has 100 valence electrons. The molecule has 3 heteroatoms. The SMILES string of the molecule is CCCCN=C/C(C)=C/C=C/[NH2+]CCCC.[Cl-]. The molecule has 0 aliphatic heterocycles. The molecule has 17 heavy (non-hydrogen) atoms. The second kappa shape index (κ2) is 15.4. The zero-order valence-electron chi connectivity index (χ0n) is 11.5. The lowest BCUT2D eigenvalue weighted by Crippen LogP contribution is -3.00. The minimum Gasteiger partial charge on any atom is -1.00 e. The molecule has 0 aliphatic carbocycles. The molecule has 0 aromatic heterocycles. The Balaban J connectivity index is 0. The summed E-state index contributed by atoms with van der Waals surface area (Å²) < 4.78 is 0. The van der Waals surface area contributed by atoms with Gasteiger partial charge in [0, 0.05) is 12.8 Å². The lowest BCUT2D eigenvalue weighted by atomic mass is 10.3. The second-order valence-electron chi connectivity index (χ2n) is 4.06. The van der Waals surface area contributed by atoms with Crippen molar-refractivity contribution in [2.75, 3.05) is 13.1 Å². The molecule has 0 saturated carbocycles. The Bertz CT molecular complexity index is 232. The molecular weight excluding hydrogens is 232 g/mol. The molecule has 0 heterocycles. The van der Waals surface area contributed by atoms with Crippen LogP contribution in [0.25, 0.3) is 0 Å². The third-order valence-electron chi connectivity index (χ3n) is 2.27. The van der Waals surface area contributed by atoms with Gasteiger partial charge in [0.15, 0.2) is 0 Å². The zero-order valence-corrected chi connectivity index (χ0v) is 12.2. The van der Waals surface area contributed by atoms with Crippen LogP contribution in [0.4, 0.5) is 0 Å². The van der Waals surface area contributed by atoms with Crippen LogP contribution in [0.2, 0.25) is 0 Å². The average Bonchev–Trinajstić information content (AvgIpc) is 2.29. The monoisotopic (exact) mass is 258 g/mol. The van der Waals surface area contributed by atoms with Gasteiger partial charge in [-0.1, -0.05) is 32.8 Å². The standard InChI is InChI=1S/C14H26N2.ClH/c1-4-6-10-15-12-8-9-14(3)13-16-11-7-5-2;/h8-9,12-13,15H,4-7,10-11H2,1-3H3;1H/b12-8+,14-9+,16-13?;. The van der Waals surface area contributed by atoms with E-state index in [0.717, 1.165) is 6.54 Å². The van der Waals surface area contributed by atoms with Gasteiger partial charge in [-0.3, -0.25) is 4.99 Å². The van der Waals surface area contributed by atoms with Crippen molar-refractivity contribution in [3.8, 4) is 0 Å². The van der Waals surface area contributed by atoms with Gasteiger partial charge in [0.25, 0.3) is 0 Å². The van der Waals surface area contributed by atoms with Gasteiger partial charge in [-0.2, -0.15) is 0 Å². The highest BCUT2D eigenvalue weighted by atomic mass is 35.5. The number of nitrogens with two attached hydrogens (primary N) is 1. The summed E-state index contributed by atoms with van der Waals surface area (Å²) in [6.45, 7) is 8.63. The summed E-state index contributed by atoms with van der Waals surface area (Å²) in [6, 6.07) is 0. The first kappa shape index (κ1) is 18.8. The van der Waals surface area contributed by atoms with Crippen molar-refractivity contribution in [2.45, 2.75) is 46.5 Å². The molecule has 0 aromatic carbocycles. The molecule has 0 fully saturated rings. The molecule has 0 atom stereocenters. The van der Waals surface area contributed by atoms with E-state index in [1.54, 1.807) is 0 Å². The minimum atomic E-state index is 0. The maximum atomic E-state index is 4.35. The molecule has 0 aliphatic rings. The maximum absolute atomic E-state index is 4.35. The van der Waals surface area contributed by atoms with Gasteiger partial charge in [0.2, 0.25) is 0 Å². The molecule has 2 N–H and O–H groups in total. The Labute approximate surface area is 113 Å². The number of hydrogen-bond donors (Lipinski definition) is 1. The van der Waals surface area contributed by atoms with Gasteiger partial charge >= 0.3 is 0 Å². The van der Waals surface area contributed by atoms with Crippen molar-refractivity contribution in [1.29, 1.82) is 0 Å². The molecular formula is C14H27ClN2. The Morgan fingerprint density at radius 2 is 1.88 bits per heavy atom. The van der Waals surface area contributed by atoms with Crippen LogP contribution in [0.3, 0.4) is 0 Å². The highest BCUT2D eigenvalue weighted by Gasteiger charge is 1.83. The minimum absolute atomic E-state index is 0. The fraction of sp³-hybridized carbons (Fsp3) is 0.643. The smallest absolute Gasteiger partial charge is 0.0925 e. The van der Waals surface area contributed by atoms with Crippen LogP contribution in [0.1, 0.15) is 46.5 Å². The van der Waals surface area contributed by atoms with E-state index in [4.69, 9.17) is 0 Å². The first-order valence-electron chi connectivity index (χ1n) is 6.47. The number of unbranched alkanes of at least 4 members (excludes halogenated alkanes) is 2. The summed E-state index contributed by atoms with van der Waals surface area (Å²) in [6.07, 6.45) is 13.2. The number of nitrogens with zero attached hydrogens (tertiary/aromatic N) is 1. The van der Waals surface area contributed by atoms with E-state index in [9.17, 15) is 0 Å². The maximum Gasteiger partial charge on any atom is 0.0925 e. The molecule has 0 bridgehead atoms. The Morgan fingerprint density at radius 1 is 1.18 bits per heavy atom. The Hall–Kier alpha value is -0.600. The van der Waals surface area contributed by atoms with Crippen LogP contribution in [0, 0.1) is 0 Å². The van der Waals surface area contributed by atoms with E-state index in [0.29, 0.717) is 0 Å². The molecule has 0 spiro atoms. The van der Waals surface area contributed by atoms with E-state index in [-0.39, 0.29) is 12.4 Å². The summed E-state index contributed by atoms with van der Waals surface area (Å²) in [4.78, 5) is 4.35. The summed E-state index contributed by atoms with van der Waals surface area (Å²) in [5.74, 6) is 0. The van der Waals surface area contributed by atoms with Crippen molar-refractivity contribution >= 4 is 6.21 Å². The Morgan fingerprint density at radius 3 is 2.53 bits per heavy atom. The van der Waals surface area contributed by atoms with Gasteiger partial charge in [0.05, 0.1) is 12.7 Å². The van der Waals surface area contributed by atoms with Gasteiger partial charge in [0.1, 0.15) is 0 Å². The van der Waals surface area contributed by atoms with E-state index >= 15 is 0 Å². The largest absolute Gasteiger partial charge is 1.00 e. The number of quaternary nitrogens is 1. The van der Waals surface area contributed by atoms with E-state index in [1.165, 1.54) is 37.8 Å². The first-order chi connectivity index (χ1) is 7.81. The lowest BCUT2D eigenvalue weighted by molar-refractivity contribution is -0.588. The van der Waals surface area contributed by atoms with Crippen molar-refractivity contribution in [3.63, 3.8) is 0 Å². The third kappa shape index (κ3) is 15.4. The zero-order chi connectivity index (χ0) is 12.1. The fourth-order valence-electron chi connectivity index (χ4n) is 1.21. The van der Waals surface area contributed by atoms with Crippen LogP contribution in [-0.4, -0.2) is 19.3 Å². The van der Waals surface area contributed by atoms with Crippen LogP contribution >= 0.6 is 0 Å². The number of aliphatic imine (C=N–C) groups is 1. The summed E-state index contributed by atoms with van der Waals surface area (Å²) >= 11 is 0. The lowest BCUT2D eigenvalue weighted by Gasteiger charge is -1.92. The molecule has 0 radical (unpaired) electrons. The second-order valence-corrected chi connectivity index (χ2v) is 4.06. The molecule has 0 rings (SSSR count). The highest BCUT2D eigenvalue weighted by molar-refractivity contribution is 5.78. The van der Waals surface area contributed by atoms with E-state index in [2.05, 4.69) is 49.4 Å².